The molecule has 2 aromatic rings. The standard InChI is InChI=1S/C16H11F5N2O3/c1-26-12-7-8(5-6-9(12)16(19,20)21)22-15(25)23-14(24)13-10(17)3-2-4-11(13)18/h2-7H,1H3,(H2,22,23,24,25). The fraction of sp³-hybridized carbons (Fsp3) is 0.125. The Labute approximate surface area is 143 Å². The lowest BCUT2D eigenvalue weighted by Crippen LogP contribution is -2.35. The number of ether oxygens (including phenoxy) is 1. The molecule has 0 fully saturated rings. The highest BCUT2D eigenvalue weighted by molar-refractivity contribution is 6.08. The number of urea groups is 1. The van der Waals surface area contributed by atoms with E-state index in [9.17, 15) is 31.5 Å². The van der Waals surface area contributed by atoms with Gasteiger partial charge in [0.2, 0.25) is 0 Å². The van der Waals surface area contributed by atoms with Crippen molar-refractivity contribution >= 4 is 17.6 Å². The molecule has 26 heavy (non-hydrogen) atoms. The van der Waals surface area contributed by atoms with Crippen LogP contribution in [0.1, 0.15) is 15.9 Å². The molecule has 10 heteroatoms. The summed E-state index contributed by atoms with van der Waals surface area (Å²) in [5, 5.41) is 3.75. The number of carbonyl (C=O) groups excluding carboxylic acids is 2. The highest BCUT2D eigenvalue weighted by Crippen LogP contribution is 2.37. The number of nitrogens with one attached hydrogen (secondary N) is 2. The molecule has 0 spiro atoms. The Morgan fingerprint density at radius 3 is 2.19 bits per heavy atom. The number of hydrogen-bond donors (Lipinski definition) is 2. The topological polar surface area (TPSA) is 67.4 Å². The average Bonchev–Trinajstić information content (AvgIpc) is 2.53. The van der Waals surface area contributed by atoms with Crippen molar-refractivity contribution in [2.45, 2.75) is 6.18 Å². The van der Waals surface area contributed by atoms with Crippen LogP contribution in [0.15, 0.2) is 36.4 Å². The minimum Gasteiger partial charge on any atom is -0.496 e. The highest BCUT2D eigenvalue weighted by Gasteiger charge is 2.34. The smallest absolute Gasteiger partial charge is 0.419 e. The first-order chi connectivity index (χ1) is 12.1. The quantitative estimate of drug-likeness (QED) is 0.800. The summed E-state index contributed by atoms with van der Waals surface area (Å²) in [5.41, 5.74) is -2.16. The maximum absolute atomic E-state index is 13.5. The molecule has 0 bridgehead atoms. The number of benzene rings is 2. The van der Waals surface area contributed by atoms with Crippen LogP contribution in [-0.4, -0.2) is 19.0 Å². The second kappa shape index (κ2) is 7.38. The molecule has 0 unspecified atom stereocenters. The van der Waals surface area contributed by atoms with Crippen molar-refractivity contribution in [1.29, 1.82) is 0 Å². The minimum absolute atomic E-state index is 0.130. The number of methoxy groups -OCH3 is 1. The zero-order valence-corrected chi connectivity index (χ0v) is 13.1. The lowest BCUT2D eigenvalue weighted by atomic mass is 10.1. The molecule has 0 aliphatic carbocycles. The Kier molecular flexibility index (Phi) is 5.44. The summed E-state index contributed by atoms with van der Waals surface area (Å²) < 4.78 is 69.9. The van der Waals surface area contributed by atoms with Crippen LogP contribution in [0.25, 0.3) is 0 Å². The summed E-state index contributed by atoms with van der Waals surface area (Å²) in [6.45, 7) is 0. The SMILES string of the molecule is COc1cc(NC(=O)NC(=O)c2c(F)cccc2F)ccc1C(F)(F)F. The summed E-state index contributed by atoms with van der Waals surface area (Å²) in [7, 11) is 1.01. The molecule has 0 saturated carbocycles. The molecule has 0 heterocycles. The van der Waals surface area contributed by atoms with Gasteiger partial charge in [-0.25, -0.2) is 13.6 Å². The van der Waals surface area contributed by atoms with Crippen LogP contribution in [0, 0.1) is 11.6 Å². The summed E-state index contributed by atoms with van der Waals surface area (Å²) >= 11 is 0. The van der Waals surface area contributed by atoms with Crippen LogP contribution >= 0.6 is 0 Å². The van der Waals surface area contributed by atoms with Gasteiger partial charge in [-0.2, -0.15) is 13.2 Å². The molecule has 2 N–H and O–H groups in total. The minimum atomic E-state index is -4.66. The molecule has 0 radical (unpaired) electrons. The van der Waals surface area contributed by atoms with Crippen LogP contribution in [-0.2, 0) is 6.18 Å². The van der Waals surface area contributed by atoms with Crippen molar-refractivity contribution in [2.24, 2.45) is 0 Å². The normalized spacial score (nSPS) is 11.0. The molecule has 138 valence electrons. The van der Waals surface area contributed by atoms with Crippen LogP contribution in [0.4, 0.5) is 32.4 Å². The predicted molar refractivity (Wildman–Crippen MR) is 80.8 cm³/mol. The van der Waals surface area contributed by atoms with Gasteiger partial charge in [-0.05, 0) is 24.3 Å². The van der Waals surface area contributed by atoms with Crippen molar-refractivity contribution < 1.29 is 36.3 Å². The van der Waals surface area contributed by atoms with E-state index in [-0.39, 0.29) is 5.69 Å². The van der Waals surface area contributed by atoms with E-state index in [2.05, 4.69) is 10.1 Å². The van der Waals surface area contributed by atoms with Gasteiger partial charge in [0, 0.05) is 11.8 Å². The Hall–Kier alpha value is -3.17. The van der Waals surface area contributed by atoms with Gasteiger partial charge in [0.05, 0.1) is 12.7 Å². The Morgan fingerprint density at radius 2 is 1.65 bits per heavy atom. The Balaban J connectivity index is 2.14. The number of rotatable bonds is 3. The van der Waals surface area contributed by atoms with Crippen molar-refractivity contribution in [1.82, 2.24) is 5.32 Å². The molecule has 0 aliphatic heterocycles. The number of hydrogen-bond acceptors (Lipinski definition) is 3. The first-order valence-electron chi connectivity index (χ1n) is 6.95. The third-order valence-electron chi connectivity index (χ3n) is 3.18. The number of carbonyl (C=O) groups is 2. The van der Waals surface area contributed by atoms with Crippen LogP contribution in [0.5, 0.6) is 5.75 Å². The largest absolute Gasteiger partial charge is 0.496 e. The number of alkyl halides is 3. The van der Waals surface area contributed by atoms with Crippen LogP contribution in [0.3, 0.4) is 0 Å². The number of halogens is 5. The molecule has 0 atom stereocenters. The Morgan fingerprint density at radius 1 is 1.04 bits per heavy atom. The molecule has 0 aliphatic rings. The summed E-state index contributed by atoms with van der Waals surface area (Å²) in [6.07, 6.45) is -4.66. The van der Waals surface area contributed by atoms with E-state index in [1.807, 2.05) is 0 Å². The lowest BCUT2D eigenvalue weighted by Gasteiger charge is -2.14. The molecule has 2 aromatic carbocycles. The van der Waals surface area contributed by atoms with Gasteiger partial charge in [-0.15, -0.1) is 0 Å². The number of amides is 3. The summed E-state index contributed by atoms with van der Waals surface area (Å²) in [4.78, 5) is 23.5. The van der Waals surface area contributed by atoms with E-state index in [0.717, 1.165) is 37.4 Å². The average molecular weight is 374 g/mol. The second-order valence-corrected chi connectivity index (χ2v) is 4.92. The van der Waals surface area contributed by atoms with E-state index in [1.54, 1.807) is 5.32 Å². The van der Waals surface area contributed by atoms with Crippen molar-refractivity contribution in [3.8, 4) is 5.75 Å². The van der Waals surface area contributed by atoms with Crippen molar-refractivity contribution in [3.05, 3.63) is 59.2 Å². The first-order valence-corrected chi connectivity index (χ1v) is 6.95. The van der Waals surface area contributed by atoms with E-state index in [1.165, 1.54) is 0 Å². The lowest BCUT2D eigenvalue weighted by molar-refractivity contribution is -0.138. The molecular formula is C16H11F5N2O3. The Bertz CT molecular complexity index is 832. The third-order valence-corrected chi connectivity index (χ3v) is 3.18. The van der Waals surface area contributed by atoms with Crippen molar-refractivity contribution in [2.75, 3.05) is 12.4 Å². The molecule has 0 saturated heterocycles. The van der Waals surface area contributed by atoms with Gasteiger partial charge in [-0.1, -0.05) is 6.07 Å². The van der Waals surface area contributed by atoms with Crippen molar-refractivity contribution in [3.63, 3.8) is 0 Å². The van der Waals surface area contributed by atoms with E-state index in [0.29, 0.717) is 6.07 Å². The molecule has 5 nitrogen and oxygen atoms in total. The monoisotopic (exact) mass is 374 g/mol. The number of anilines is 1. The number of imide groups is 1. The van der Waals surface area contributed by atoms with E-state index in [4.69, 9.17) is 0 Å². The van der Waals surface area contributed by atoms with Gasteiger partial charge in [0.25, 0.3) is 5.91 Å². The third kappa shape index (κ3) is 4.26. The second-order valence-electron chi connectivity index (χ2n) is 4.92. The first kappa shape index (κ1) is 19.2. The van der Waals surface area contributed by atoms with E-state index >= 15 is 0 Å². The zero-order chi connectivity index (χ0) is 19.5. The highest BCUT2D eigenvalue weighted by atomic mass is 19.4. The maximum Gasteiger partial charge on any atom is 0.419 e. The van der Waals surface area contributed by atoms with Gasteiger partial charge in [0.1, 0.15) is 22.9 Å². The maximum atomic E-state index is 13.5. The predicted octanol–water partition coefficient (Wildman–Crippen LogP) is 3.95. The molecule has 3 amide bonds. The zero-order valence-electron chi connectivity index (χ0n) is 13.1. The molecule has 2 rings (SSSR count). The fourth-order valence-corrected chi connectivity index (χ4v) is 2.05. The van der Waals surface area contributed by atoms with Gasteiger partial charge in [0.15, 0.2) is 0 Å². The van der Waals surface area contributed by atoms with Gasteiger partial charge in [-0.3, -0.25) is 10.1 Å². The molecular weight excluding hydrogens is 363 g/mol. The van der Waals surface area contributed by atoms with Gasteiger partial charge >= 0.3 is 12.2 Å². The van der Waals surface area contributed by atoms with Gasteiger partial charge < -0.3 is 10.1 Å². The van der Waals surface area contributed by atoms with E-state index < -0.39 is 46.6 Å². The fourth-order valence-electron chi connectivity index (χ4n) is 2.05. The van der Waals surface area contributed by atoms with Crippen LogP contribution in [0.2, 0.25) is 0 Å². The van der Waals surface area contributed by atoms with Crippen LogP contribution < -0.4 is 15.4 Å². The molecule has 0 aromatic heterocycles. The summed E-state index contributed by atoms with van der Waals surface area (Å²) in [5.74, 6) is -4.25. The summed E-state index contributed by atoms with van der Waals surface area (Å²) in [6, 6.07) is 3.99.